The first-order chi connectivity index (χ1) is 10.7. The van der Waals surface area contributed by atoms with E-state index in [2.05, 4.69) is 0 Å². The van der Waals surface area contributed by atoms with Gasteiger partial charge in [0, 0.05) is 0 Å². The molecule has 1 aliphatic heterocycles. The zero-order valence-corrected chi connectivity index (χ0v) is 14.8. The maximum Gasteiger partial charge on any atom is 0.331 e. The van der Waals surface area contributed by atoms with Crippen LogP contribution in [0.1, 0.15) is 0 Å². The number of hydrogen-bond donors (Lipinski definition) is 0. The van der Waals surface area contributed by atoms with Crippen LogP contribution in [0.25, 0.3) is 0 Å². The van der Waals surface area contributed by atoms with E-state index < -0.39 is 8.56 Å². The third-order valence-electron chi connectivity index (χ3n) is 2.84. The molecule has 0 aliphatic carbocycles. The second-order valence-electron chi connectivity index (χ2n) is 5.16. The molecule has 0 N–H and O–H groups in total. The molecular formula is C14H30O7Si. The van der Waals surface area contributed by atoms with Crippen LogP contribution in [-0.2, 0) is 32.5 Å². The fourth-order valence-electron chi connectivity index (χ4n) is 1.72. The van der Waals surface area contributed by atoms with Gasteiger partial charge in [-0.05, 0) is 13.1 Å². The molecule has 7 nitrogen and oxygen atoms in total. The molecule has 0 unspecified atom stereocenters. The van der Waals surface area contributed by atoms with E-state index in [-0.39, 0.29) is 0 Å². The van der Waals surface area contributed by atoms with Crippen LogP contribution < -0.4 is 0 Å². The Balaban J connectivity index is 2.17. The van der Waals surface area contributed by atoms with Gasteiger partial charge in [-0.25, -0.2) is 0 Å². The van der Waals surface area contributed by atoms with Gasteiger partial charge in [0.1, 0.15) is 0 Å². The summed E-state index contributed by atoms with van der Waals surface area (Å²) in [5.74, 6) is 0. The smallest absolute Gasteiger partial charge is 0.331 e. The topological polar surface area (TPSA) is 64.6 Å². The van der Waals surface area contributed by atoms with Crippen LogP contribution in [0, 0.1) is 0 Å². The summed E-state index contributed by atoms with van der Waals surface area (Å²) in [6, 6.07) is 0. The van der Waals surface area contributed by atoms with E-state index >= 15 is 0 Å². The van der Waals surface area contributed by atoms with Gasteiger partial charge in [0.05, 0.1) is 79.3 Å². The van der Waals surface area contributed by atoms with Crippen molar-refractivity contribution in [1.29, 1.82) is 0 Å². The van der Waals surface area contributed by atoms with Gasteiger partial charge >= 0.3 is 8.56 Å². The van der Waals surface area contributed by atoms with E-state index in [1.807, 2.05) is 13.1 Å². The molecule has 0 aromatic carbocycles. The lowest BCUT2D eigenvalue weighted by atomic mass is 10.7. The zero-order chi connectivity index (χ0) is 15.9. The Morgan fingerprint density at radius 3 is 0.909 bits per heavy atom. The minimum Gasteiger partial charge on any atom is -0.392 e. The Morgan fingerprint density at radius 2 is 0.636 bits per heavy atom. The summed E-state index contributed by atoms with van der Waals surface area (Å²) >= 11 is 0. The van der Waals surface area contributed by atoms with Gasteiger partial charge in [-0.3, -0.25) is 0 Å². The van der Waals surface area contributed by atoms with Crippen molar-refractivity contribution < 1.29 is 32.5 Å². The van der Waals surface area contributed by atoms with Gasteiger partial charge in [-0.1, -0.05) is 0 Å². The van der Waals surface area contributed by atoms with E-state index in [1.54, 1.807) is 0 Å². The number of ether oxygens (including phenoxy) is 5. The van der Waals surface area contributed by atoms with E-state index in [9.17, 15) is 0 Å². The summed E-state index contributed by atoms with van der Waals surface area (Å²) in [4.78, 5) is 0. The largest absolute Gasteiger partial charge is 0.392 e. The van der Waals surface area contributed by atoms with Gasteiger partial charge in [0.25, 0.3) is 0 Å². The molecule has 0 aromatic rings. The predicted octanol–water partition coefficient (Wildman–Crippen LogP) is 0.818. The third-order valence-corrected chi connectivity index (χ3v) is 4.64. The molecule has 1 aliphatic rings. The van der Waals surface area contributed by atoms with Crippen molar-refractivity contribution in [1.82, 2.24) is 0 Å². The summed E-state index contributed by atoms with van der Waals surface area (Å²) in [5, 5.41) is 0. The standard InChI is InChI=1S/C14H30O7Si/c1-22(2)20-13-11-18-9-7-16-5-3-15-4-6-17-8-10-19-12-14-21-22/h3-14H2,1-2H3. The maximum absolute atomic E-state index is 5.76. The molecule has 0 aromatic heterocycles. The fraction of sp³-hybridized carbons (Fsp3) is 1.00. The van der Waals surface area contributed by atoms with Crippen molar-refractivity contribution in [3.8, 4) is 0 Å². The summed E-state index contributed by atoms with van der Waals surface area (Å²) in [6.07, 6.45) is 0. The lowest BCUT2D eigenvalue weighted by Crippen LogP contribution is -2.37. The molecular weight excluding hydrogens is 308 g/mol. The maximum atomic E-state index is 5.76. The average Bonchev–Trinajstić information content (AvgIpc) is 2.48. The third kappa shape index (κ3) is 12.5. The number of hydrogen-bond acceptors (Lipinski definition) is 7. The van der Waals surface area contributed by atoms with Gasteiger partial charge in [0.15, 0.2) is 0 Å². The summed E-state index contributed by atoms with van der Waals surface area (Å²) in [6.45, 7) is 10.7. The molecule has 0 radical (unpaired) electrons. The summed E-state index contributed by atoms with van der Waals surface area (Å²) in [5.41, 5.74) is 0. The Labute approximate surface area is 134 Å². The highest BCUT2D eigenvalue weighted by Crippen LogP contribution is 2.05. The van der Waals surface area contributed by atoms with Crippen molar-refractivity contribution in [2.24, 2.45) is 0 Å². The summed E-state index contributed by atoms with van der Waals surface area (Å²) in [7, 11) is -2.09. The van der Waals surface area contributed by atoms with Crippen LogP contribution in [0.3, 0.4) is 0 Å². The van der Waals surface area contributed by atoms with E-state index in [0.717, 1.165) is 0 Å². The normalized spacial score (nSPS) is 25.4. The van der Waals surface area contributed by atoms with Gasteiger partial charge in [0.2, 0.25) is 0 Å². The quantitative estimate of drug-likeness (QED) is 0.606. The second-order valence-corrected chi connectivity index (χ2v) is 8.54. The fourth-order valence-corrected chi connectivity index (χ4v) is 2.95. The van der Waals surface area contributed by atoms with Crippen LogP contribution in [0.4, 0.5) is 0 Å². The molecule has 1 heterocycles. The van der Waals surface area contributed by atoms with Crippen LogP contribution in [0.15, 0.2) is 0 Å². The first-order valence-electron chi connectivity index (χ1n) is 7.87. The van der Waals surface area contributed by atoms with Gasteiger partial charge < -0.3 is 32.5 Å². The van der Waals surface area contributed by atoms with Gasteiger partial charge in [-0.2, -0.15) is 0 Å². The molecule has 0 saturated carbocycles. The van der Waals surface area contributed by atoms with Crippen molar-refractivity contribution in [3.63, 3.8) is 0 Å². The lowest BCUT2D eigenvalue weighted by Gasteiger charge is -2.22. The predicted molar refractivity (Wildman–Crippen MR) is 83.5 cm³/mol. The van der Waals surface area contributed by atoms with Crippen molar-refractivity contribution in [2.75, 3.05) is 79.3 Å². The molecule has 1 rings (SSSR count). The van der Waals surface area contributed by atoms with Gasteiger partial charge in [-0.15, -0.1) is 0 Å². The van der Waals surface area contributed by atoms with Crippen LogP contribution >= 0.6 is 0 Å². The molecule has 132 valence electrons. The van der Waals surface area contributed by atoms with E-state index in [0.29, 0.717) is 79.3 Å². The average molecular weight is 338 g/mol. The SMILES string of the molecule is C[Si]1(C)OCCOCCOCCOCCOCCOCCO1. The number of rotatable bonds is 0. The second kappa shape index (κ2) is 13.4. The molecule has 1 fully saturated rings. The van der Waals surface area contributed by atoms with Crippen LogP contribution in [-0.4, -0.2) is 87.8 Å². The minimum atomic E-state index is -2.09. The first-order valence-corrected chi connectivity index (χ1v) is 10.7. The monoisotopic (exact) mass is 338 g/mol. The molecule has 8 heteroatoms. The minimum absolute atomic E-state index is 0.539. The van der Waals surface area contributed by atoms with E-state index in [1.165, 1.54) is 0 Å². The van der Waals surface area contributed by atoms with Crippen molar-refractivity contribution >= 4 is 8.56 Å². The van der Waals surface area contributed by atoms with E-state index in [4.69, 9.17) is 32.5 Å². The van der Waals surface area contributed by atoms with Crippen LogP contribution in [0.2, 0.25) is 13.1 Å². The highest BCUT2D eigenvalue weighted by molar-refractivity contribution is 6.64. The molecule has 0 amide bonds. The molecule has 0 bridgehead atoms. The zero-order valence-electron chi connectivity index (χ0n) is 13.8. The Hall–Kier alpha value is -0.0631. The molecule has 22 heavy (non-hydrogen) atoms. The summed E-state index contributed by atoms with van der Waals surface area (Å²) < 4.78 is 38.6. The molecule has 0 spiro atoms. The molecule has 0 atom stereocenters. The highest BCUT2D eigenvalue weighted by atomic mass is 28.4. The Morgan fingerprint density at radius 1 is 0.409 bits per heavy atom. The van der Waals surface area contributed by atoms with Crippen molar-refractivity contribution in [3.05, 3.63) is 0 Å². The Bertz CT molecular complexity index is 231. The first kappa shape index (κ1) is 20.0. The lowest BCUT2D eigenvalue weighted by molar-refractivity contribution is -0.0187. The van der Waals surface area contributed by atoms with Crippen LogP contribution in [0.5, 0.6) is 0 Å². The molecule has 1 saturated heterocycles. The van der Waals surface area contributed by atoms with Crippen molar-refractivity contribution in [2.45, 2.75) is 13.1 Å². The highest BCUT2D eigenvalue weighted by Gasteiger charge is 2.24. The Kier molecular flexibility index (Phi) is 12.2.